The van der Waals surface area contributed by atoms with E-state index < -0.39 is 27.2 Å². The van der Waals surface area contributed by atoms with E-state index in [0.29, 0.717) is 10.9 Å². The van der Waals surface area contributed by atoms with Gasteiger partial charge in [-0.1, -0.05) is 13.3 Å². The molecule has 0 saturated carbocycles. The number of hydrogen-bond acceptors (Lipinski definition) is 6. The molecule has 0 aliphatic carbocycles. The maximum absolute atomic E-state index is 12.8. The number of carboxylic acid groups (broad SMARTS) is 1. The van der Waals surface area contributed by atoms with E-state index in [9.17, 15) is 23.1 Å². The van der Waals surface area contributed by atoms with Gasteiger partial charge in [0.25, 0.3) is 0 Å². The molecule has 2 rings (SSSR count). The van der Waals surface area contributed by atoms with E-state index in [1.807, 2.05) is 6.92 Å². The third-order valence-corrected chi connectivity index (χ3v) is 5.24. The van der Waals surface area contributed by atoms with Gasteiger partial charge >= 0.3 is 11.5 Å². The highest BCUT2D eigenvalue weighted by Gasteiger charge is 2.24. The zero-order valence-electron chi connectivity index (χ0n) is 14.4. The Kier molecular flexibility index (Phi) is 5.91. The number of carboxylic acids is 1. The first-order chi connectivity index (χ1) is 12.1. The summed E-state index contributed by atoms with van der Waals surface area (Å²) < 4.78 is 31.5. The van der Waals surface area contributed by atoms with Crippen LogP contribution in [0.4, 0.5) is 5.69 Å². The van der Waals surface area contributed by atoms with E-state index in [-0.39, 0.29) is 23.7 Å². The van der Waals surface area contributed by atoms with Gasteiger partial charge in [-0.2, -0.15) is 0 Å². The van der Waals surface area contributed by atoms with Crippen molar-refractivity contribution in [1.29, 1.82) is 0 Å². The van der Waals surface area contributed by atoms with Gasteiger partial charge in [0.05, 0.1) is 18.6 Å². The van der Waals surface area contributed by atoms with Crippen molar-refractivity contribution in [1.82, 2.24) is 9.38 Å². The molecule has 26 heavy (non-hydrogen) atoms. The number of pyridine rings is 1. The van der Waals surface area contributed by atoms with Crippen LogP contribution in [-0.2, 0) is 10.0 Å². The molecule has 0 atom stereocenters. The number of hydrogen-bond donors (Lipinski definition) is 1. The number of carbonyl (C=O) groups is 1. The zero-order chi connectivity index (χ0) is 19.6. The second-order valence-corrected chi connectivity index (χ2v) is 8.50. The average Bonchev–Trinajstić information content (AvgIpc) is 2.54. The summed E-state index contributed by atoms with van der Waals surface area (Å²) in [6.45, 7) is 2.10. The molecule has 0 aliphatic heterocycles. The molecule has 0 aromatic carbocycles. The number of nitrogens with zero attached hydrogens (tertiary/aromatic N) is 3. The van der Waals surface area contributed by atoms with E-state index in [0.717, 1.165) is 21.4 Å². The van der Waals surface area contributed by atoms with Crippen molar-refractivity contribution in [3.05, 3.63) is 32.8 Å². The van der Waals surface area contributed by atoms with Crippen molar-refractivity contribution in [3.8, 4) is 5.75 Å². The molecular formula is C15H18BrN3O6S. The lowest BCUT2D eigenvalue weighted by molar-refractivity contribution is 0.0685. The van der Waals surface area contributed by atoms with Crippen molar-refractivity contribution < 1.29 is 23.1 Å². The Morgan fingerprint density at radius 3 is 2.65 bits per heavy atom. The standard InChI is InChI=1S/C15H18BrN3O6S/c1-4-5-6-25-12-11(15(21)22)17-13-10(18(2)26(3,23)24)7-9(16)8-19(13)14(12)20/h7-8H,4-6H2,1-3H3,(H,21,22). The van der Waals surface area contributed by atoms with Crippen molar-refractivity contribution in [2.45, 2.75) is 19.8 Å². The van der Waals surface area contributed by atoms with Crippen LogP contribution in [0.25, 0.3) is 5.65 Å². The summed E-state index contributed by atoms with van der Waals surface area (Å²) in [5.41, 5.74) is -1.34. The highest BCUT2D eigenvalue weighted by atomic mass is 79.9. The largest absolute Gasteiger partial charge is 0.486 e. The lowest BCUT2D eigenvalue weighted by Gasteiger charge is -2.19. The molecule has 0 spiro atoms. The second-order valence-electron chi connectivity index (χ2n) is 5.57. The normalized spacial score (nSPS) is 11.5. The van der Waals surface area contributed by atoms with Gasteiger partial charge < -0.3 is 9.84 Å². The third-order valence-electron chi connectivity index (χ3n) is 3.61. The molecule has 2 aromatic rings. The number of ether oxygens (including phenoxy) is 1. The SMILES string of the molecule is CCCCOc1c(C(=O)O)nc2c(N(C)S(C)(=O)=O)cc(Br)cn2c1=O. The molecule has 1 N–H and O–H groups in total. The molecule has 9 nitrogen and oxygen atoms in total. The number of aromatic carboxylic acids is 1. The molecular weight excluding hydrogens is 430 g/mol. The maximum Gasteiger partial charge on any atom is 0.358 e. The Morgan fingerprint density at radius 1 is 1.46 bits per heavy atom. The van der Waals surface area contributed by atoms with Crippen molar-refractivity contribution in [2.75, 3.05) is 24.2 Å². The Bertz CT molecular complexity index is 1020. The molecule has 0 aliphatic rings. The lowest BCUT2D eigenvalue weighted by Crippen LogP contribution is -2.28. The Balaban J connectivity index is 2.83. The molecule has 0 radical (unpaired) electrons. The highest BCUT2D eigenvalue weighted by Crippen LogP contribution is 2.26. The molecule has 142 valence electrons. The summed E-state index contributed by atoms with van der Waals surface area (Å²) in [5.74, 6) is -1.82. The van der Waals surface area contributed by atoms with Crippen LogP contribution in [0, 0.1) is 0 Å². The van der Waals surface area contributed by atoms with Gasteiger partial charge in [-0.25, -0.2) is 18.2 Å². The topological polar surface area (TPSA) is 118 Å². The fourth-order valence-corrected chi connectivity index (χ4v) is 3.09. The summed E-state index contributed by atoms with van der Waals surface area (Å²) in [7, 11) is -2.37. The van der Waals surface area contributed by atoms with Gasteiger partial charge in [-0.15, -0.1) is 0 Å². The van der Waals surface area contributed by atoms with Gasteiger partial charge in [-0.05, 0) is 28.4 Å². The third kappa shape index (κ3) is 3.98. The number of aromatic nitrogens is 2. The van der Waals surface area contributed by atoms with Crippen LogP contribution in [0.3, 0.4) is 0 Å². The predicted octanol–water partition coefficient (Wildman–Crippen LogP) is 1.73. The summed E-state index contributed by atoms with van der Waals surface area (Å²) in [5, 5.41) is 9.42. The molecule has 2 heterocycles. The fourth-order valence-electron chi connectivity index (χ4n) is 2.18. The minimum Gasteiger partial charge on any atom is -0.486 e. The van der Waals surface area contributed by atoms with Crippen LogP contribution in [0.1, 0.15) is 30.3 Å². The van der Waals surface area contributed by atoms with E-state index in [2.05, 4.69) is 20.9 Å². The Labute approximate surface area is 158 Å². The quantitative estimate of drug-likeness (QED) is 0.641. The van der Waals surface area contributed by atoms with Crippen molar-refractivity contribution in [3.63, 3.8) is 0 Å². The molecule has 0 bridgehead atoms. The Morgan fingerprint density at radius 2 is 2.12 bits per heavy atom. The second kappa shape index (κ2) is 7.62. The summed E-state index contributed by atoms with van der Waals surface area (Å²) in [4.78, 5) is 28.3. The minimum absolute atomic E-state index is 0.0570. The van der Waals surface area contributed by atoms with Gasteiger partial charge in [0.1, 0.15) is 0 Å². The molecule has 0 amide bonds. The van der Waals surface area contributed by atoms with Gasteiger partial charge in [-0.3, -0.25) is 13.5 Å². The molecule has 0 saturated heterocycles. The first kappa shape index (κ1) is 20.2. The number of fused-ring (bicyclic) bond motifs is 1. The zero-order valence-corrected chi connectivity index (χ0v) is 16.8. The summed E-state index contributed by atoms with van der Waals surface area (Å²) in [6.07, 6.45) is 3.81. The van der Waals surface area contributed by atoms with Crippen LogP contribution < -0.4 is 14.6 Å². The summed E-state index contributed by atoms with van der Waals surface area (Å²) in [6, 6.07) is 1.44. The van der Waals surface area contributed by atoms with Crippen LogP contribution in [-0.4, -0.2) is 48.8 Å². The number of halogens is 1. The van der Waals surface area contributed by atoms with Crippen LogP contribution in [0.2, 0.25) is 0 Å². The monoisotopic (exact) mass is 447 g/mol. The smallest absolute Gasteiger partial charge is 0.358 e. The minimum atomic E-state index is -3.66. The molecule has 0 unspecified atom stereocenters. The fraction of sp³-hybridized carbons (Fsp3) is 0.400. The molecule has 2 aromatic heterocycles. The summed E-state index contributed by atoms with van der Waals surface area (Å²) >= 11 is 3.22. The first-order valence-corrected chi connectivity index (χ1v) is 10.3. The Hall–Kier alpha value is -2.14. The van der Waals surface area contributed by atoms with Crippen molar-refractivity contribution in [2.24, 2.45) is 0 Å². The lowest BCUT2D eigenvalue weighted by atomic mass is 10.3. The van der Waals surface area contributed by atoms with E-state index in [1.165, 1.54) is 19.3 Å². The number of sulfonamides is 1. The highest BCUT2D eigenvalue weighted by molar-refractivity contribution is 9.10. The predicted molar refractivity (Wildman–Crippen MR) is 99.8 cm³/mol. The maximum atomic E-state index is 12.8. The van der Waals surface area contributed by atoms with Gasteiger partial charge in [0.15, 0.2) is 11.3 Å². The number of anilines is 1. The van der Waals surface area contributed by atoms with Gasteiger partial charge in [0.2, 0.25) is 15.8 Å². The average molecular weight is 448 g/mol. The van der Waals surface area contributed by atoms with E-state index >= 15 is 0 Å². The van der Waals surface area contributed by atoms with Gasteiger partial charge in [0, 0.05) is 17.7 Å². The van der Waals surface area contributed by atoms with E-state index in [4.69, 9.17) is 4.74 Å². The number of rotatable bonds is 7. The van der Waals surface area contributed by atoms with Crippen molar-refractivity contribution >= 4 is 43.3 Å². The number of unbranched alkanes of at least 4 members (excludes halogenated alkanes) is 1. The van der Waals surface area contributed by atoms with E-state index in [1.54, 1.807) is 0 Å². The first-order valence-electron chi connectivity index (χ1n) is 7.63. The molecule has 0 fully saturated rings. The van der Waals surface area contributed by atoms with Crippen LogP contribution in [0.5, 0.6) is 5.75 Å². The van der Waals surface area contributed by atoms with Crippen LogP contribution >= 0.6 is 15.9 Å². The van der Waals surface area contributed by atoms with Crippen LogP contribution in [0.15, 0.2) is 21.5 Å². The molecule has 11 heteroatoms.